The zero-order chi connectivity index (χ0) is 19.4. The second kappa shape index (κ2) is 8.50. The molecule has 1 amide bonds. The van der Waals surface area contributed by atoms with Crippen LogP contribution in [0.4, 0.5) is 0 Å². The number of hydrogen-bond acceptors (Lipinski definition) is 5. The van der Waals surface area contributed by atoms with E-state index in [0.29, 0.717) is 18.8 Å². The number of thiazole rings is 1. The summed E-state index contributed by atoms with van der Waals surface area (Å²) in [5.41, 5.74) is 2.45. The summed E-state index contributed by atoms with van der Waals surface area (Å²) in [6, 6.07) is 13.4. The maximum Gasteiger partial charge on any atom is 0.254 e. The number of aromatic nitrogens is 1. The van der Waals surface area contributed by atoms with Crippen molar-refractivity contribution in [2.75, 3.05) is 20.8 Å². The average Bonchev–Trinajstić information content (AvgIpc) is 3.14. The lowest BCUT2D eigenvalue weighted by molar-refractivity contribution is 0.0742. The number of benzene rings is 2. The van der Waals surface area contributed by atoms with Crippen molar-refractivity contribution in [3.8, 4) is 5.75 Å². The Morgan fingerprint density at radius 1 is 1.26 bits per heavy atom. The van der Waals surface area contributed by atoms with Crippen LogP contribution in [0.25, 0.3) is 10.2 Å². The van der Waals surface area contributed by atoms with E-state index in [4.69, 9.17) is 9.47 Å². The predicted molar refractivity (Wildman–Crippen MR) is 108 cm³/mol. The standard InChI is InChI=1S/C21H24N2O3S/c1-5-26-13-16-12-15(10-11-18(16)25-4)21(24)23(3)14(2)20-22-17-8-6-7-9-19(17)27-20/h6-12,14H,5,13H2,1-4H3/t14-/m1/s1. The number of nitrogens with zero attached hydrogens (tertiary/aromatic N) is 2. The summed E-state index contributed by atoms with van der Waals surface area (Å²) in [6.45, 7) is 4.96. The van der Waals surface area contributed by atoms with Gasteiger partial charge in [0.25, 0.3) is 5.91 Å². The third-order valence-corrected chi connectivity index (χ3v) is 5.76. The molecule has 6 heteroatoms. The van der Waals surface area contributed by atoms with Crippen LogP contribution in [0.1, 0.15) is 40.8 Å². The third kappa shape index (κ3) is 4.12. The molecule has 0 fully saturated rings. The first-order chi connectivity index (χ1) is 13.0. The number of fused-ring (bicyclic) bond motifs is 1. The summed E-state index contributed by atoms with van der Waals surface area (Å²) >= 11 is 1.62. The Morgan fingerprint density at radius 2 is 2.04 bits per heavy atom. The molecule has 5 nitrogen and oxygen atoms in total. The van der Waals surface area contributed by atoms with E-state index in [1.807, 2.05) is 51.2 Å². The van der Waals surface area contributed by atoms with E-state index in [1.54, 1.807) is 29.4 Å². The maximum atomic E-state index is 13.0. The first-order valence-corrected chi connectivity index (χ1v) is 9.74. The molecule has 1 heterocycles. The number of para-hydroxylation sites is 1. The summed E-state index contributed by atoms with van der Waals surface area (Å²) in [4.78, 5) is 19.4. The second-order valence-corrected chi connectivity index (χ2v) is 7.34. The highest BCUT2D eigenvalue weighted by Crippen LogP contribution is 2.30. The number of ether oxygens (including phenoxy) is 2. The molecule has 0 aliphatic carbocycles. The third-order valence-electron chi connectivity index (χ3n) is 4.56. The van der Waals surface area contributed by atoms with E-state index in [9.17, 15) is 4.79 Å². The van der Waals surface area contributed by atoms with Gasteiger partial charge in [-0.05, 0) is 44.2 Å². The van der Waals surface area contributed by atoms with Gasteiger partial charge < -0.3 is 14.4 Å². The van der Waals surface area contributed by atoms with Crippen molar-refractivity contribution in [1.29, 1.82) is 0 Å². The van der Waals surface area contributed by atoms with Crippen molar-refractivity contribution in [2.45, 2.75) is 26.5 Å². The Hall–Kier alpha value is -2.44. The van der Waals surface area contributed by atoms with Gasteiger partial charge in [0.1, 0.15) is 10.8 Å². The van der Waals surface area contributed by atoms with Gasteiger partial charge in [-0.15, -0.1) is 11.3 Å². The molecule has 3 rings (SSSR count). The molecule has 0 saturated heterocycles. The minimum atomic E-state index is -0.118. The molecule has 1 atom stereocenters. The van der Waals surface area contributed by atoms with E-state index in [1.165, 1.54) is 0 Å². The smallest absolute Gasteiger partial charge is 0.254 e. The highest BCUT2D eigenvalue weighted by atomic mass is 32.1. The van der Waals surface area contributed by atoms with E-state index < -0.39 is 0 Å². The van der Waals surface area contributed by atoms with Crippen LogP contribution in [0.3, 0.4) is 0 Å². The lowest BCUT2D eigenvalue weighted by Crippen LogP contribution is -2.29. The molecule has 0 saturated carbocycles. The molecule has 0 aliphatic rings. The number of carbonyl (C=O) groups is 1. The Bertz CT molecular complexity index is 905. The molecular weight excluding hydrogens is 360 g/mol. The zero-order valence-electron chi connectivity index (χ0n) is 16.1. The van der Waals surface area contributed by atoms with Crippen molar-refractivity contribution in [1.82, 2.24) is 9.88 Å². The molecule has 27 heavy (non-hydrogen) atoms. The molecule has 0 aliphatic heterocycles. The Balaban J connectivity index is 1.83. The minimum absolute atomic E-state index is 0.0536. The summed E-state index contributed by atoms with van der Waals surface area (Å²) in [5.74, 6) is 0.670. The molecular formula is C21H24N2O3S. The van der Waals surface area contributed by atoms with Gasteiger partial charge in [0.2, 0.25) is 0 Å². The molecule has 0 spiro atoms. The van der Waals surface area contributed by atoms with Crippen LogP contribution < -0.4 is 4.74 Å². The van der Waals surface area contributed by atoms with E-state index in [-0.39, 0.29) is 11.9 Å². The van der Waals surface area contributed by atoms with Gasteiger partial charge in [0.05, 0.1) is 30.0 Å². The Kier molecular flexibility index (Phi) is 6.08. The van der Waals surface area contributed by atoms with Crippen LogP contribution in [0.5, 0.6) is 5.75 Å². The molecule has 2 aromatic carbocycles. The molecule has 3 aromatic rings. The fourth-order valence-corrected chi connectivity index (χ4v) is 3.91. The highest BCUT2D eigenvalue weighted by Gasteiger charge is 2.22. The van der Waals surface area contributed by atoms with Gasteiger partial charge >= 0.3 is 0 Å². The number of hydrogen-bond donors (Lipinski definition) is 0. The van der Waals surface area contributed by atoms with E-state index in [0.717, 1.165) is 26.5 Å². The van der Waals surface area contributed by atoms with Gasteiger partial charge in [-0.1, -0.05) is 12.1 Å². The molecule has 1 aromatic heterocycles. The number of rotatable bonds is 7. The first kappa shape index (κ1) is 19.3. The molecule has 0 radical (unpaired) electrons. The summed E-state index contributed by atoms with van der Waals surface area (Å²) in [7, 11) is 3.43. The summed E-state index contributed by atoms with van der Waals surface area (Å²) < 4.78 is 12.0. The summed E-state index contributed by atoms with van der Waals surface area (Å²) in [5, 5.41) is 0.926. The highest BCUT2D eigenvalue weighted by molar-refractivity contribution is 7.18. The SMILES string of the molecule is CCOCc1cc(C(=O)N(C)[C@H](C)c2nc3ccccc3s2)ccc1OC. The van der Waals surface area contributed by atoms with Crippen LogP contribution in [0.15, 0.2) is 42.5 Å². The van der Waals surface area contributed by atoms with Crippen LogP contribution in [0.2, 0.25) is 0 Å². The fraction of sp³-hybridized carbons (Fsp3) is 0.333. The largest absolute Gasteiger partial charge is 0.496 e. The first-order valence-electron chi connectivity index (χ1n) is 8.92. The Morgan fingerprint density at radius 3 is 2.74 bits per heavy atom. The number of methoxy groups -OCH3 is 1. The lowest BCUT2D eigenvalue weighted by Gasteiger charge is -2.23. The maximum absolute atomic E-state index is 13.0. The normalized spacial score (nSPS) is 12.1. The van der Waals surface area contributed by atoms with E-state index >= 15 is 0 Å². The van der Waals surface area contributed by atoms with Crippen LogP contribution in [0, 0.1) is 0 Å². The monoisotopic (exact) mass is 384 g/mol. The predicted octanol–water partition coefficient (Wildman–Crippen LogP) is 4.67. The van der Waals surface area contributed by atoms with Crippen molar-refractivity contribution in [3.05, 3.63) is 58.6 Å². The van der Waals surface area contributed by atoms with Crippen LogP contribution in [-0.4, -0.2) is 36.6 Å². The summed E-state index contributed by atoms with van der Waals surface area (Å²) in [6.07, 6.45) is 0. The van der Waals surface area contributed by atoms with Gasteiger partial charge in [-0.3, -0.25) is 4.79 Å². The van der Waals surface area contributed by atoms with Gasteiger partial charge in [-0.2, -0.15) is 0 Å². The molecule has 0 unspecified atom stereocenters. The lowest BCUT2D eigenvalue weighted by atomic mass is 10.1. The average molecular weight is 385 g/mol. The fourth-order valence-electron chi connectivity index (χ4n) is 2.85. The number of carbonyl (C=O) groups excluding carboxylic acids is 1. The van der Waals surface area contributed by atoms with E-state index in [2.05, 4.69) is 11.1 Å². The van der Waals surface area contributed by atoms with Crippen molar-refractivity contribution in [2.24, 2.45) is 0 Å². The van der Waals surface area contributed by atoms with Gasteiger partial charge in [0, 0.05) is 24.8 Å². The zero-order valence-corrected chi connectivity index (χ0v) is 16.9. The molecule has 142 valence electrons. The minimum Gasteiger partial charge on any atom is -0.496 e. The van der Waals surface area contributed by atoms with Crippen molar-refractivity contribution >= 4 is 27.5 Å². The van der Waals surface area contributed by atoms with Gasteiger partial charge in [-0.25, -0.2) is 4.98 Å². The van der Waals surface area contributed by atoms with Crippen LogP contribution >= 0.6 is 11.3 Å². The Labute approximate surface area is 163 Å². The molecule has 0 N–H and O–H groups in total. The van der Waals surface area contributed by atoms with Crippen molar-refractivity contribution in [3.63, 3.8) is 0 Å². The topological polar surface area (TPSA) is 51.7 Å². The second-order valence-electron chi connectivity index (χ2n) is 6.28. The molecule has 0 bridgehead atoms. The quantitative estimate of drug-likeness (QED) is 0.594. The number of amides is 1. The van der Waals surface area contributed by atoms with Gasteiger partial charge in [0.15, 0.2) is 0 Å². The van der Waals surface area contributed by atoms with Crippen molar-refractivity contribution < 1.29 is 14.3 Å². The van der Waals surface area contributed by atoms with Crippen LogP contribution in [-0.2, 0) is 11.3 Å².